The smallest absolute Gasteiger partial charge is 0.338 e. The highest BCUT2D eigenvalue weighted by atomic mass is 32.2. The molecule has 3 aliphatic rings. The molecular weight excluding hydrogens is 811 g/mol. The van der Waals surface area contributed by atoms with Crippen LogP contribution in [0.3, 0.4) is 0 Å². The normalized spacial score (nSPS) is 18.9. The Balaban J connectivity index is 1.53. The average Bonchev–Trinajstić information content (AvgIpc) is 3.51. The Morgan fingerprint density at radius 1 is 0.867 bits per heavy atom. The molecule has 3 aromatic rings. The fraction of sp³-hybridized carbons (Fsp3) is 0.391. The third-order valence-corrected chi connectivity index (χ3v) is 13.6. The Morgan fingerprint density at radius 3 is 2.27 bits per heavy atom. The summed E-state index contributed by atoms with van der Waals surface area (Å²) in [6, 6.07) is 13.1. The lowest BCUT2D eigenvalue weighted by molar-refractivity contribution is -0.438. The SMILES string of the molecule is CCCCN1C(=CC=C2CCCC(C=CC3=[N+](CCCCS(=O)(=O)O)c4ccc(S(=O)(=O)O)cc4C3(C)C)=C2c2ccc(C(=O)O)c(F)c2F)C(C)(C)c2cc(C)ccc21. The lowest BCUT2D eigenvalue weighted by atomic mass is 9.79. The number of hydrogen-bond acceptors (Lipinski definition) is 6. The zero-order chi connectivity index (χ0) is 43.9. The van der Waals surface area contributed by atoms with E-state index in [1.165, 1.54) is 23.8 Å². The number of carboxylic acids is 1. The summed E-state index contributed by atoms with van der Waals surface area (Å²) in [5, 5.41) is 9.61. The summed E-state index contributed by atoms with van der Waals surface area (Å²) < 4.78 is 100. The molecule has 0 saturated heterocycles. The van der Waals surface area contributed by atoms with Gasteiger partial charge in [-0.05, 0) is 105 Å². The lowest BCUT2D eigenvalue weighted by Crippen LogP contribution is -2.28. The van der Waals surface area contributed by atoms with Gasteiger partial charge in [0.1, 0.15) is 6.54 Å². The molecule has 0 spiro atoms. The molecule has 0 radical (unpaired) electrons. The molecule has 0 fully saturated rings. The first-order valence-corrected chi connectivity index (χ1v) is 23.3. The fourth-order valence-corrected chi connectivity index (χ4v) is 9.90. The molecule has 0 saturated carbocycles. The number of fused-ring (bicyclic) bond motifs is 2. The Morgan fingerprint density at radius 2 is 1.60 bits per heavy atom. The first-order valence-electron chi connectivity index (χ1n) is 20.2. The van der Waals surface area contributed by atoms with Crippen LogP contribution in [0.5, 0.6) is 0 Å². The Labute approximate surface area is 351 Å². The molecule has 0 bridgehead atoms. The van der Waals surface area contributed by atoms with E-state index >= 15 is 8.78 Å². The maximum absolute atomic E-state index is 16.2. The number of nitrogens with zero attached hydrogens (tertiary/aromatic N) is 2. The number of carbonyl (C=O) groups is 1. The van der Waals surface area contributed by atoms with Gasteiger partial charge in [-0.15, -0.1) is 0 Å². The Kier molecular flexibility index (Phi) is 12.7. The van der Waals surface area contributed by atoms with Crippen LogP contribution < -0.4 is 4.90 Å². The van der Waals surface area contributed by atoms with Gasteiger partial charge in [0.25, 0.3) is 20.2 Å². The number of halogens is 2. The van der Waals surface area contributed by atoms with Crippen molar-refractivity contribution in [2.45, 2.75) is 102 Å². The van der Waals surface area contributed by atoms with Gasteiger partial charge in [-0.1, -0.05) is 63.1 Å². The second-order valence-electron chi connectivity index (χ2n) is 16.9. The van der Waals surface area contributed by atoms with E-state index in [9.17, 15) is 35.8 Å². The molecule has 2 aliphatic heterocycles. The summed E-state index contributed by atoms with van der Waals surface area (Å²) in [4.78, 5) is 13.9. The van der Waals surface area contributed by atoms with Crippen molar-refractivity contribution < 1.29 is 49.2 Å². The maximum atomic E-state index is 16.2. The summed E-state index contributed by atoms with van der Waals surface area (Å²) in [6.07, 6.45) is 11.9. The van der Waals surface area contributed by atoms with E-state index in [2.05, 4.69) is 56.9 Å². The Hall–Kier alpha value is -4.76. The van der Waals surface area contributed by atoms with E-state index in [1.807, 2.05) is 36.7 Å². The molecule has 10 nitrogen and oxygen atoms in total. The molecule has 1 aliphatic carbocycles. The van der Waals surface area contributed by atoms with Crippen LogP contribution in [-0.4, -0.2) is 66.1 Å². The van der Waals surface area contributed by atoms with E-state index in [0.29, 0.717) is 60.3 Å². The van der Waals surface area contributed by atoms with Crippen molar-refractivity contribution in [3.05, 3.63) is 129 Å². The second kappa shape index (κ2) is 16.9. The molecule has 0 aromatic heterocycles. The number of benzene rings is 3. The van der Waals surface area contributed by atoms with Gasteiger partial charge < -0.3 is 10.0 Å². The number of aryl methyl sites for hydroxylation is 1. The van der Waals surface area contributed by atoms with E-state index in [4.69, 9.17) is 0 Å². The molecule has 3 aromatic carbocycles. The number of carboxylic acid groups (broad SMARTS) is 1. The van der Waals surface area contributed by atoms with Gasteiger partial charge in [0.2, 0.25) is 5.69 Å². The standard InChI is InChI=1S/C46H52F2N2O8S2/c1-7-8-24-49-37-20-14-29(2)27-35(37)45(3,4)39(49)22-15-30-12-11-13-31(41(30)33-18-19-34(44(51)52)43(48)42(33)47)16-23-40-46(5,6)36-28-32(60(56,57)58)17-21-38(36)50(40)25-9-10-26-59(53,54)55/h14-23,27-28H,7-13,24-26H2,1-6H3,(H2-,51,52,53,54,55,56,57,58)/p+1. The van der Waals surface area contributed by atoms with Gasteiger partial charge in [-0.25, -0.2) is 13.6 Å². The molecule has 6 rings (SSSR count). The third-order valence-electron chi connectivity index (χ3n) is 12.0. The summed E-state index contributed by atoms with van der Waals surface area (Å²) >= 11 is 0. The van der Waals surface area contributed by atoms with Crippen molar-refractivity contribution in [3.8, 4) is 0 Å². The van der Waals surface area contributed by atoms with Crippen LogP contribution in [0.25, 0.3) is 5.57 Å². The summed E-state index contributed by atoms with van der Waals surface area (Å²) in [6.45, 7) is 13.4. The van der Waals surface area contributed by atoms with E-state index in [1.54, 1.807) is 6.07 Å². The van der Waals surface area contributed by atoms with Crippen LogP contribution in [-0.2, 0) is 31.1 Å². The number of anilines is 1. The van der Waals surface area contributed by atoms with Gasteiger partial charge >= 0.3 is 5.97 Å². The molecule has 3 N–H and O–H groups in total. The van der Waals surface area contributed by atoms with Crippen LogP contribution in [0.1, 0.15) is 112 Å². The summed E-state index contributed by atoms with van der Waals surface area (Å²) in [5.41, 5.74) is 6.26. The van der Waals surface area contributed by atoms with E-state index in [0.717, 1.165) is 48.0 Å². The van der Waals surface area contributed by atoms with Crippen molar-refractivity contribution in [3.63, 3.8) is 0 Å². The topological polar surface area (TPSA) is 152 Å². The van der Waals surface area contributed by atoms with Crippen LogP contribution in [0.4, 0.5) is 20.2 Å². The highest BCUT2D eigenvalue weighted by Crippen LogP contribution is 2.49. The minimum atomic E-state index is -4.55. The van der Waals surface area contributed by atoms with E-state index in [-0.39, 0.29) is 22.3 Å². The average molecular weight is 864 g/mol. The minimum absolute atomic E-state index is 0.0761. The van der Waals surface area contributed by atoms with Crippen molar-refractivity contribution in [1.82, 2.24) is 0 Å². The molecule has 0 atom stereocenters. The molecule has 60 heavy (non-hydrogen) atoms. The predicted octanol–water partition coefficient (Wildman–Crippen LogP) is 9.86. The molecule has 14 heteroatoms. The van der Waals surface area contributed by atoms with Crippen LogP contribution in [0, 0.1) is 18.6 Å². The zero-order valence-corrected chi connectivity index (χ0v) is 36.5. The summed E-state index contributed by atoms with van der Waals surface area (Å²) in [5.74, 6) is -4.76. The number of unbranched alkanes of at least 4 members (excludes halogenated alkanes) is 2. The van der Waals surface area contributed by atoms with Crippen LogP contribution in [0.2, 0.25) is 0 Å². The van der Waals surface area contributed by atoms with Gasteiger partial charge in [-0.3, -0.25) is 9.11 Å². The monoisotopic (exact) mass is 863 g/mol. The maximum Gasteiger partial charge on any atom is 0.338 e. The third kappa shape index (κ3) is 8.83. The van der Waals surface area contributed by atoms with Crippen LogP contribution >= 0.6 is 0 Å². The molecule has 2 heterocycles. The quantitative estimate of drug-likeness (QED) is 0.0817. The molecule has 0 amide bonds. The summed E-state index contributed by atoms with van der Waals surface area (Å²) in [7, 11) is -8.74. The number of allylic oxidation sites excluding steroid dienone is 8. The number of aromatic carboxylic acids is 1. The highest BCUT2D eigenvalue weighted by Gasteiger charge is 2.45. The van der Waals surface area contributed by atoms with Crippen molar-refractivity contribution in [2.24, 2.45) is 0 Å². The van der Waals surface area contributed by atoms with E-state index < -0.39 is 54.6 Å². The lowest BCUT2D eigenvalue weighted by Gasteiger charge is -2.28. The molecular formula is C46H53F2N2O8S2+. The zero-order valence-electron chi connectivity index (χ0n) is 34.8. The first kappa shape index (κ1) is 44.8. The van der Waals surface area contributed by atoms with Crippen molar-refractivity contribution in [1.29, 1.82) is 0 Å². The molecule has 320 valence electrons. The predicted molar refractivity (Wildman–Crippen MR) is 231 cm³/mol. The van der Waals surface area contributed by atoms with Gasteiger partial charge in [0.05, 0.1) is 21.6 Å². The van der Waals surface area contributed by atoms with Gasteiger partial charge in [-0.2, -0.15) is 21.4 Å². The van der Waals surface area contributed by atoms with Crippen LogP contribution in [0.15, 0.2) is 94.6 Å². The van der Waals surface area contributed by atoms with Crippen molar-refractivity contribution >= 4 is 48.9 Å². The number of hydrogen-bond donors (Lipinski definition) is 3. The second-order valence-corrected chi connectivity index (χ2v) is 19.9. The number of rotatable bonds is 14. The van der Waals surface area contributed by atoms with Gasteiger partial charge in [0, 0.05) is 53.0 Å². The highest BCUT2D eigenvalue weighted by molar-refractivity contribution is 7.86. The Bertz CT molecular complexity index is 2640. The largest absolute Gasteiger partial charge is 0.478 e. The minimum Gasteiger partial charge on any atom is -0.478 e. The van der Waals surface area contributed by atoms with Crippen molar-refractivity contribution in [2.75, 3.05) is 23.7 Å². The van der Waals surface area contributed by atoms with Gasteiger partial charge in [0.15, 0.2) is 17.3 Å². The molecule has 0 unspecified atom stereocenters. The first-order chi connectivity index (χ1) is 28.1. The fourth-order valence-electron chi connectivity index (χ4n) is 8.83.